The SMILES string of the molecule is CCc1ccc(-c2nc(CC(=O)NCc3ccco3)c(C)o2)cc1. The van der Waals surface area contributed by atoms with Gasteiger partial charge in [-0.05, 0) is 43.2 Å². The topological polar surface area (TPSA) is 68.3 Å². The van der Waals surface area contributed by atoms with Crippen LogP contribution in [-0.2, 0) is 24.2 Å². The van der Waals surface area contributed by atoms with Crippen LogP contribution < -0.4 is 5.32 Å². The molecule has 0 aliphatic carbocycles. The second-order valence-corrected chi connectivity index (χ2v) is 5.61. The van der Waals surface area contributed by atoms with E-state index in [2.05, 4.69) is 29.4 Å². The van der Waals surface area contributed by atoms with Crippen molar-refractivity contribution in [2.45, 2.75) is 33.2 Å². The molecule has 3 aromatic rings. The first kappa shape index (κ1) is 16.1. The van der Waals surface area contributed by atoms with Crippen molar-refractivity contribution in [3.05, 3.63) is 65.4 Å². The van der Waals surface area contributed by atoms with Crippen LogP contribution in [0.25, 0.3) is 11.5 Å². The quantitative estimate of drug-likeness (QED) is 0.751. The van der Waals surface area contributed by atoms with Gasteiger partial charge in [-0.25, -0.2) is 4.98 Å². The third-order valence-corrected chi connectivity index (χ3v) is 3.87. The molecule has 0 fully saturated rings. The molecule has 0 radical (unpaired) electrons. The Hall–Kier alpha value is -2.82. The summed E-state index contributed by atoms with van der Waals surface area (Å²) < 4.78 is 10.9. The molecule has 0 aliphatic heterocycles. The molecule has 2 aromatic heterocycles. The molecule has 124 valence electrons. The van der Waals surface area contributed by atoms with E-state index in [0.717, 1.165) is 17.7 Å². The van der Waals surface area contributed by atoms with Gasteiger partial charge in [0.25, 0.3) is 0 Å². The van der Waals surface area contributed by atoms with E-state index in [-0.39, 0.29) is 12.3 Å². The molecule has 1 amide bonds. The number of hydrogen-bond acceptors (Lipinski definition) is 4. The number of oxazole rings is 1. The summed E-state index contributed by atoms with van der Waals surface area (Å²) in [5.41, 5.74) is 2.83. The third-order valence-electron chi connectivity index (χ3n) is 3.87. The predicted molar refractivity (Wildman–Crippen MR) is 90.3 cm³/mol. The number of aryl methyl sites for hydroxylation is 2. The Kier molecular flexibility index (Phi) is 4.79. The number of benzene rings is 1. The minimum atomic E-state index is -0.115. The lowest BCUT2D eigenvalue weighted by atomic mass is 10.1. The fourth-order valence-corrected chi connectivity index (χ4v) is 2.41. The Balaban J connectivity index is 1.65. The van der Waals surface area contributed by atoms with E-state index in [0.29, 0.717) is 23.9 Å². The van der Waals surface area contributed by atoms with Crippen molar-refractivity contribution < 1.29 is 13.6 Å². The lowest BCUT2D eigenvalue weighted by molar-refractivity contribution is -0.120. The molecule has 0 bridgehead atoms. The smallest absolute Gasteiger partial charge is 0.226 e. The van der Waals surface area contributed by atoms with Gasteiger partial charge in [-0.3, -0.25) is 4.79 Å². The van der Waals surface area contributed by atoms with Crippen molar-refractivity contribution in [2.75, 3.05) is 0 Å². The van der Waals surface area contributed by atoms with Gasteiger partial charge in [0, 0.05) is 5.56 Å². The van der Waals surface area contributed by atoms with Crippen molar-refractivity contribution >= 4 is 5.91 Å². The molecular weight excluding hydrogens is 304 g/mol. The number of nitrogens with one attached hydrogen (secondary N) is 1. The van der Waals surface area contributed by atoms with Gasteiger partial charge in [0.2, 0.25) is 11.8 Å². The fraction of sp³-hybridized carbons (Fsp3) is 0.263. The van der Waals surface area contributed by atoms with E-state index in [1.165, 1.54) is 5.56 Å². The third kappa shape index (κ3) is 3.74. The van der Waals surface area contributed by atoms with Crippen LogP contribution in [0.1, 0.15) is 29.7 Å². The maximum Gasteiger partial charge on any atom is 0.226 e. The van der Waals surface area contributed by atoms with Crippen LogP contribution in [0, 0.1) is 6.92 Å². The summed E-state index contributed by atoms with van der Waals surface area (Å²) in [5, 5.41) is 2.81. The number of nitrogens with zero attached hydrogens (tertiary/aromatic N) is 1. The molecule has 1 aromatic carbocycles. The first-order valence-corrected chi connectivity index (χ1v) is 8.00. The predicted octanol–water partition coefficient (Wildman–Crippen LogP) is 3.66. The Morgan fingerprint density at radius 2 is 2.00 bits per heavy atom. The van der Waals surface area contributed by atoms with Crippen molar-refractivity contribution in [3.8, 4) is 11.5 Å². The number of amides is 1. The number of carbonyl (C=O) groups excluding carboxylic acids is 1. The molecule has 0 unspecified atom stereocenters. The summed E-state index contributed by atoms with van der Waals surface area (Å²) in [6.45, 7) is 4.31. The standard InChI is InChI=1S/C19H20N2O3/c1-3-14-6-8-15(9-7-14)19-21-17(13(2)24-19)11-18(22)20-12-16-5-4-10-23-16/h4-10H,3,11-12H2,1-2H3,(H,20,22). The highest BCUT2D eigenvalue weighted by Gasteiger charge is 2.14. The summed E-state index contributed by atoms with van der Waals surface area (Å²) in [6, 6.07) is 11.7. The Morgan fingerprint density at radius 3 is 2.67 bits per heavy atom. The zero-order valence-electron chi connectivity index (χ0n) is 13.8. The zero-order valence-corrected chi connectivity index (χ0v) is 13.8. The molecule has 0 spiro atoms. The summed E-state index contributed by atoms with van der Waals surface area (Å²) in [4.78, 5) is 16.5. The molecule has 24 heavy (non-hydrogen) atoms. The number of rotatable bonds is 6. The van der Waals surface area contributed by atoms with E-state index in [1.807, 2.05) is 25.1 Å². The highest BCUT2D eigenvalue weighted by molar-refractivity contribution is 5.78. The minimum Gasteiger partial charge on any atom is -0.467 e. The van der Waals surface area contributed by atoms with Gasteiger partial charge in [0.1, 0.15) is 11.5 Å². The number of hydrogen-bond donors (Lipinski definition) is 1. The number of furan rings is 1. The first-order valence-electron chi connectivity index (χ1n) is 8.00. The van der Waals surface area contributed by atoms with Crippen LogP contribution >= 0.6 is 0 Å². The average Bonchev–Trinajstić information content (AvgIpc) is 3.23. The first-order chi connectivity index (χ1) is 11.7. The van der Waals surface area contributed by atoms with Gasteiger partial charge in [0.05, 0.1) is 24.9 Å². The molecule has 1 N–H and O–H groups in total. The van der Waals surface area contributed by atoms with Gasteiger partial charge in [-0.2, -0.15) is 0 Å². The Bertz CT molecular complexity index is 802. The number of aromatic nitrogens is 1. The molecule has 0 saturated carbocycles. The van der Waals surface area contributed by atoms with Crippen molar-refractivity contribution in [1.29, 1.82) is 0 Å². The maximum absolute atomic E-state index is 12.1. The molecular formula is C19H20N2O3. The molecule has 0 atom stereocenters. The molecule has 2 heterocycles. The molecule has 0 saturated heterocycles. The van der Waals surface area contributed by atoms with Gasteiger partial charge < -0.3 is 14.2 Å². The van der Waals surface area contributed by atoms with E-state index in [9.17, 15) is 4.79 Å². The molecule has 5 nitrogen and oxygen atoms in total. The van der Waals surface area contributed by atoms with E-state index < -0.39 is 0 Å². The van der Waals surface area contributed by atoms with Crippen LogP contribution in [-0.4, -0.2) is 10.9 Å². The van der Waals surface area contributed by atoms with Crippen molar-refractivity contribution in [2.24, 2.45) is 0 Å². The number of carbonyl (C=O) groups is 1. The van der Waals surface area contributed by atoms with Gasteiger partial charge in [0.15, 0.2) is 0 Å². The molecule has 0 aliphatic rings. The average molecular weight is 324 g/mol. The summed E-state index contributed by atoms with van der Waals surface area (Å²) in [5.74, 6) is 1.81. The molecule has 5 heteroatoms. The van der Waals surface area contributed by atoms with Crippen LogP contribution in [0.3, 0.4) is 0 Å². The zero-order chi connectivity index (χ0) is 16.9. The monoisotopic (exact) mass is 324 g/mol. The minimum absolute atomic E-state index is 0.115. The summed E-state index contributed by atoms with van der Waals surface area (Å²) >= 11 is 0. The summed E-state index contributed by atoms with van der Waals surface area (Å²) in [6.07, 6.45) is 2.76. The van der Waals surface area contributed by atoms with Crippen LogP contribution in [0.15, 0.2) is 51.5 Å². The van der Waals surface area contributed by atoms with Crippen LogP contribution in [0.2, 0.25) is 0 Å². The highest BCUT2D eigenvalue weighted by atomic mass is 16.4. The van der Waals surface area contributed by atoms with Gasteiger partial charge in [-0.15, -0.1) is 0 Å². The normalized spacial score (nSPS) is 10.8. The van der Waals surface area contributed by atoms with Crippen molar-refractivity contribution in [1.82, 2.24) is 10.3 Å². The Labute approximate surface area is 140 Å². The van der Waals surface area contributed by atoms with Crippen molar-refractivity contribution in [3.63, 3.8) is 0 Å². The summed E-state index contributed by atoms with van der Waals surface area (Å²) in [7, 11) is 0. The Morgan fingerprint density at radius 1 is 1.21 bits per heavy atom. The maximum atomic E-state index is 12.1. The lowest BCUT2D eigenvalue weighted by Crippen LogP contribution is -2.24. The largest absolute Gasteiger partial charge is 0.467 e. The van der Waals surface area contributed by atoms with E-state index >= 15 is 0 Å². The lowest BCUT2D eigenvalue weighted by Gasteiger charge is -2.01. The second kappa shape index (κ2) is 7.17. The van der Waals surface area contributed by atoms with E-state index in [1.54, 1.807) is 12.3 Å². The molecule has 3 rings (SSSR count). The van der Waals surface area contributed by atoms with Gasteiger partial charge in [-0.1, -0.05) is 19.1 Å². The fourth-order valence-electron chi connectivity index (χ4n) is 2.41. The van der Waals surface area contributed by atoms with Crippen LogP contribution in [0.4, 0.5) is 0 Å². The van der Waals surface area contributed by atoms with E-state index in [4.69, 9.17) is 8.83 Å². The second-order valence-electron chi connectivity index (χ2n) is 5.61. The highest BCUT2D eigenvalue weighted by Crippen LogP contribution is 2.22. The van der Waals surface area contributed by atoms with Crippen LogP contribution in [0.5, 0.6) is 0 Å². The van der Waals surface area contributed by atoms with Gasteiger partial charge >= 0.3 is 0 Å².